The van der Waals surface area contributed by atoms with Gasteiger partial charge >= 0.3 is 6.18 Å². The van der Waals surface area contributed by atoms with Crippen LogP contribution in [-0.4, -0.2) is 10.9 Å². The molecule has 26 heavy (non-hydrogen) atoms. The molecule has 0 saturated carbocycles. The number of nitrogens with one attached hydrogen (secondary N) is 1. The number of halogens is 3. The highest BCUT2D eigenvalue weighted by atomic mass is 19.4. The van der Waals surface area contributed by atoms with Gasteiger partial charge in [-0.3, -0.25) is 4.79 Å². The molecule has 0 atom stereocenters. The molecule has 0 spiro atoms. The minimum atomic E-state index is -4.37. The maximum atomic E-state index is 12.5. The van der Waals surface area contributed by atoms with Crippen LogP contribution in [-0.2, 0) is 23.9 Å². The van der Waals surface area contributed by atoms with Crippen molar-refractivity contribution >= 4 is 5.91 Å². The second kappa shape index (κ2) is 7.43. The van der Waals surface area contributed by atoms with Crippen LogP contribution in [0.1, 0.15) is 16.8 Å². The lowest BCUT2D eigenvalue weighted by atomic mass is 10.1. The van der Waals surface area contributed by atoms with E-state index in [1.165, 1.54) is 18.4 Å². The van der Waals surface area contributed by atoms with Crippen LogP contribution >= 0.6 is 0 Å². The number of hydrogen-bond donors (Lipinski definition) is 1. The van der Waals surface area contributed by atoms with E-state index in [-0.39, 0.29) is 18.9 Å². The molecule has 1 N–H and O–H groups in total. The van der Waals surface area contributed by atoms with E-state index in [1.54, 1.807) is 0 Å². The zero-order valence-corrected chi connectivity index (χ0v) is 13.6. The molecule has 1 aromatic heterocycles. The number of hydrogen-bond acceptors (Lipinski definition) is 3. The van der Waals surface area contributed by atoms with E-state index in [2.05, 4.69) is 10.3 Å². The van der Waals surface area contributed by atoms with E-state index >= 15 is 0 Å². The van der Waals surface area contributed by atoms with Gasteiger partial charge < -0.3 is 9.73 Å². The summed E-state index contributed by atoms with van der Waals surface area (Å²) in [6, 6.07) is 13.9. The predicted molar refractivity (Wildman–Crippen MR) is 88.9 cm³/mol. The van der Waals surface area contributed by atoms with Crippen LogP contribution < -0.4 is 5.32 Å². The van der Waals surface area contributed by atoms with Gasteiger partial charge in [0.15, 0.2) is 0 Å². The van der Waals surface area contributed by atoms with E-state index in [1.807, 2.05) is 30.3 Å². The number of amides is 1. The Hall–Kier alpha value is -3.09. The van der Waals surface area contributed by atoms with Crippen molar-refractivity contribution in [2.45, 2.75) is 19.1 Å². The minimum absolute atomic E-state index is 0.0248. The lowest BCUT2D eigenvalue weighted by molar-refractivity contribution is -0.137. The maximum absolute atomic E-state index is 12.5. The first kappa shape index (κ1) is 17.7. The van der Waals surface area contributed by atoms with Crippen LogP contribution in [0.25, 0.3) is 11.5 Å². The van der Waals surface area contributed by atoms with Crippen LogP contribution in [0.3, 0.4) is 0 Å². The van der Waals surface area contributed by atoms with E-state index in [0.29, 0.717) is 17.1 Å². The zero-order chi connectivity index (χ0) is 18.6. The molecule has 134 valence electrons. The molecule has 0 unspecified atom stereocenters. The van der Waals surface area contributed by atoms with E-state index < -0.39 is 11.7 Å². The molecule has 0 aliphatic rings. The van der Waals surface area contributed by atoms with Crippen LogP contribution in [0, 0.1) is 0 Å². The van der Waals surface area contributed by atoms with Crippen molar-refractivity contribution in [1.82, 2.24) is 10.3 Å². The van der Waals surface area contributed by atoms with Gasteiger partial charge in [-0.2, -0.15) is 13.2 Å². The Morgan fingerprint density at radius 3 is 2.38 bits per heavy atom. The summed E-state index contributed by atoms with van der Waals surface area (Å²) in [5, 5.41) is 2.65. The van der Waals surface area contributed by atoms with Gasteiger partial charge in [-0.15, -0.1) is 0 Å². The molecule has 7 heteroatoms. The van der Waals surface area contributed by atoms with Crippen molar-refractivity contribution in [3.63, 3.8) is 0 Å². The SMILES string of the molecule is O=C(Cc1coc(-c2ccccc2)n1)NCc1ccc(C(F)(F)F)cc1. The second-order valence-corrected chi connectivity index (χ2v) is 5.66. The first-order valence-corrected chi connectivity index (χ1v) is 7.84. The maximum Gasteiger partial charge on any atom is 0.416 e. The Bertz CT molecular complexity index is 872. The van der Waals surface area contributed by atoms with E-state index in [4.69, 9.17) is 4.42 Å². The summed E-state index contributed by atoms with van der Waals surface area (Å²) in [6.07, 6.45) is -2.93. The molecule has 0 aliphatic carbocycles. The smallest absolute Gasteiger partial charge is 0.416 e. The Morgan fingerprint density at radius 1 is 1.04 bits per heavy atom. The van der Waals surface area contributed by atoms with Gasteiger partial charge in [-0.25, -0.2) is 4.98 Å². The number of oxazole rings is 1. The van der Waals surface area contributed by atoms with Crippen LogP contribution in [0.15, 0.2) is 65.3 Å². The van der Waals surface area contributed by atoms with Gasteiger partial charge in [-0.1, -0.05) is 30.3 Å². The molecule has 0 saturated heterocycles. The molecule has 1 amide bonds. The highest BCUT2D eigenvalue weighted by molar-refractivity contribution is 5.78. The van der Waals surface area contributed by atoms with Crippen molar-refractivity contribution in [3.8, 4) is 11.5 Å². The van der Waals surface area contributed by atoms with Crippen molar-refractivity contribution < 1.29 is 22.4 Å². The van der Waals surface area contributed by atoms with Crippen LogP contribution in [0.5, 0.6) is 0 Å². The van der Waals surface area contributed by atoms with Crippen molar-refractivity contribution in [3.05, 3.63) is 77.7 Å². The quantitative estimate of drug-likeness (QED) is 0.741. The third kappa shape index (κ3) is 4.50. The Labute approximate surface area is 147 Å². The summed E-state index contributed by atoms with van der Waals surface area (Å²) in [5.41, 5.74) is 1.15. The summed E-state index contributed by atoms with van der Waals surface area (Å²) in [6.45, 7) is 0.139. The lowest BCUT2D eigenvalue weighted by Crippen LogP contribution is -2.24. The first-order chi connectivity index (χ1) is 12.4. The number of carbonyl (C=O) groups excluding carboxylic acids is 1. The molecule has 2 aromatic carbocycles. The molecule has 0 aliphatic heterocycles. The Kier molecular flexibility index (Phi) is 5.06. The Morgan fingerprint density at radius 2 is 1.73 bits per heavy atom. The summed E-state index contributed by atoms with van der Waals surface area (Å²) in [7, 11) is 0. The fourth-order valence-electron chi connectivity index (χ4n) is 2.34. The third-order valence-electron chi connectivity index (χ3n) is 3.69. The number of alkyl halides is 3. The molecular formula is C19H15F3N2O2. The summed E-state index contributed by atoms with van der Waals surface area (Å²) in [5.74, 6) is 0.133. The molecule has 0 radical (unpaired) electrons. The third-order valence-corrected chi connectivity index (χ3v) is 3.69. The number of carbonyl (C=O) groups is 1. The van der Waals surface area contributed by atoms with Gasteiger partial charge in [0.1, 0.15) is 6.26 Å². The summed E-state index contributed by atoms with van der Waals surface area (Å²) < 4.78 is 42.9. The standard InChI is InChI=1S/C19H15F3N2O2/c20-19(21,22)15-8-6-13(7-9-15)11-23-17(25)10-16-12-26-18(24-16)14-4-2-1-3-5-14/h1-9,12H,10-11H2,(H,23,25). The average Bonchev–Trinajstić information content (AvgIpc) is 3.09. The summed E-state index contributed by atoms with van der Waals surface area (Å²) >= 11 is 0. The molecule has 4 nitrogen and oxygen atoms in total. The fraction of sp³-hybridized carbons (Fsp3) is 0.158. The van der Waals surface area contributed by atoms with E-state index in [9.17, 15) is 18.0 Å². The highest BCUT2D eigenvalue weighted by Gasteiger charge is 2.29. The molecule has 1 heterocycles. The normalized spacial score (nSPS) is 11.3. The van der Waals surface area contributed by atoms with Crippen molar-refractivity contribution in [1.29, 1.82) is 0 Å². The van der Waals surface area contributed by atoms with Gasteiger partial charge in [0.2, 0.25) is 11.8 Å². The average molecular weight is 360 g/mol. The monoisotopic (exact) mass is 360 g/mol. The number of rotatable bonds is 5. The van der Waals surface area contributed by atoms with Crippen molar-refractivity contribution in [2.75, 3.05) is 0 Å². The molecule has 3 rings (SSSR count). The van der Waals surface area contributed by atoms with Gasteiger partial charge in [0.05, 0.1) is 17.7 Å². The van der Waals surface area contributed by atoms with Gasteiger partial charge in [0, 0.05) is 12.1 Å². The lowest BCUT2D eigenvalue weighted by Gasteiger charge is -2.08. The summed E-state index contributed by atoms with van der Waals surface area (Å²) in [4.78, 5) is 16.2. The fourth-order valence-corrected chi connectivity index (χ4v) is 2.34. The van der Waals surface area contributed by atoms with Gasteiger partial charge in [0.25, 0.3) is 0 Å². The zero-order valence-electron chi connectivity index (χ0n) is 13.6. The number of aromatic nitrogens is 1. The predicted octanol–water partition coefficient (Wildman–Crippen LogP) is 4.22. The number of nitrogens with zero attached hydrogens (tertiary/aromatic N) is 1. The molecule has 3 aromatic rings. The van der Waals surface area contributed by atoms with Crippen molar-refractivity contribution in [2.24, 2.45) is 0 Å². The van der Waals surface area contributed by atoms with Gasteiger partial charge in [-0.05, 0) is 29.8 Å². The molecular weight excluding hydrogens is 345 g/mol. The number of benzene rings is 2. The second-order valence-electron chi connectivity index (χ2n) is 5.66. The van der Waals surface area contributed by atoms with Crippen LogP contribution in [0.4, 0.5) is 13.2 Å². The van der Waals surface area contributed by atoms with E-state index in [0.717, 1.165) is 17.7 Å². The molecule has 0 bridgehead atoms. The highest BCUT2D eigenvalue weighted by Crippen LogP contribution is 2.29. The first-order valence-electron chi connectivity index (χ1n) is 7.84. The minimum Gasteiger partial charge on any atom is -0.444 e. The Balaban J connectivity index is 1.54. The largest absolute Gasteiger partial charge is 0.444 e. The topological polar surface area (TPSA) is 55.1 Å². The molecule has 0 fully saturated rings. The van der Waals surface area contributed by atoms with Crippen LogP contribution in [0.2, 0.25) is 0 Å².